The largest absolute Gasteiger partial charge is 0.372 e. The van der Waals surface area contributed by atoms with Crippen molar-refractivity contribution in [3.8, 4) is 0 Å². The molecule has 1 rings (SSSR count). The van der Waals surface area contributed by atoms with Gasteiger partial charge < -0.3 is 15.1 Å². The average molecular weight is 577 g/mol. The molecule has 212 valence electrons. The van der Waals surface area contributed by atoms with Gasteiger partial charge in [0.1, 0.15) is 8.64 Å². The molecule has 0 aromatic heterocycles. The first-order valence-electron chi connectivity index (χ1n) is 14.7. The molecule has 0 atom stereocenters. The van der Waals surface area contributed by atoms with Gasteiger partial charge in [-0.25, -0.2) is 0 Å². The summed E-state index contributed by atoms with van der Waals surface area (Å²) in [6.07, 6.45) is 19.8. The summed E-state index contributed by atoms with van der Waals surface area (Å²) in [7, 11) is 3.18. The highest BCUT2D eigenvalue weighted by molar-refractivity contribution is 8.89. The lowest BCUT2D eigenvalue weighted by molar-refractivity contribution is 0.482. The highest BCUT2D eigenvalue weighted by Crippen LogP contribution is 2.28. The van der Waals surface area contributed by atoms with Crippen LogP contribution in [-0.2, 0) is 0 Å². The Balaban J connectivity index is 0.000000700. The Labute approximate surface area is 243 Å². The number of unbranched alkanes of at least 4 members (excludes halogenated alkanes) is 12. The zero-order chi connectivity index (χ0) is 26.9. The number of aliphatic imine (C=N–C) groups is 1. The Morgan fingerprint density at radius 2 is 1.06 bits per heavy atom. The van der Waals surface area contributed by atoms with Crippen molar-refractivity contribution in [2.24, 2.45) is 4.99 Å². The third-order valence-electron chi connectivity index (χ3n) is 6.49. The summed E-state index contributed by atoms with van der Waals surface area (Å²) in [6, 6.07) is 0. The Morgan fingerprint density at radius 3 is 1.39 bits per heavy atom. The van der Waals surface area contributed by atoms with Gasteiger partial charge in [-0.2, -0.15) is 0 Å². The second-order valence-corrected chi connectivity index (χ2v) is 12.7. The van der Waals surface area contributed by atoms with Crippen LogP contribution in [0.5, 0.6) is 0 Å². The summed E-state index contributed by atoms with van der Waals surface area (Å²) in [5.74, 6) is 1.26. The fourth-order valence-electron chi connectivity index (χ4n) is 4.06. The van der Waals surface area contributed by atoms with Gasteiger partial charge >= 0.3 is 0 Å². The number of nitrogens with zero attached hydrogens (tertiary/aromatic N) is 3. The van der Waals surface area contributed by atoms with Crippen molar-refractivity contribution in [1.82, 2.24) is 15.1 Å². The van der Waals surface area contributed by atoms with Crippen molar-refractivity contribution < 1.29 is 0 Å². The Morgan fingerprint density at radius 1 is 0.667 bits per heavy atom. The van der Waals surface area contributed by atoms with Gasteiger partial charge in [-0.15, -0.1) is 0 Å². The number of amidine groups is 1. The van der Waals surface area contributed by atoms with E-state index in [4.69, 9.17) is 24.4 Å². The van der Waals surface area contributed by atoms with E-state index in [2.05, 4.69) is 54.7 Å². The van der Waals surface area contributed by atoms with Crippen molar-refractivity contribution >= 4 is 60.5 Å². The molecule has 0 spiro atoms. The minimum Gasteiger partial charge on any atom is -0.372 e. The molecule has 1 aliphatic heterocycles. The molecule has 1 aliphatic rings. The molecule has 0 saturated carbocycles. The first kappa shape index (κ1) is 35.9. The summed E-state index contributed by atoms with van der Waals surface area (Å²) in [5.41, 5.74) is 0. The third kappa shape index (κ3) is 20.0. The Bertz CT molecular complexity index is 540. The van der Waals surface area contributed by atoms with Gasteiger partial charge in [0.05, 0.1) is 12.4 Å². The Kier molecular flexibility index (Phi) is 26.5. The third-order valence-corrected chi connectivity index (χ3v) is 10.2. The van der Waals surface area contributed by atoms with Crippen molar-refractivity contribution in [3.63, 3.8) is 0 Å². The molecule has 0 amide bonds. The molecule has 36 heavy (non-hydrogen) atoms. The summed E-state index contributed by atoms with van der Waals surface area (Å²) < 4.78 is 1.84. The van der Waals surface area contributed by atoms with Gasteiger partial charge in [0, 0.05) is 39.1 Å². The number of hydrogen-bond acceptors (Lipinski definition) is 6. The SMILES string of the molecule is CCCCCCCCCCCCCCCC1=NCCN1.CCN(CC)C(=S)SSC(=S)N(CC)CC. The normalized spacial score (nSPS) is 12.4. The van der Waals surface area contributed by atoms with E-state index in [-0.39, 0.29) is 0 Å². The van der Waals surface area contributed by atoms with Crippen molar-refractivity contribution in [1.29, 1.82) is 0 Å². The first-order chi connectivity index (χ1) is 17.5. The molecule has 4 nitrogen and oxygen atoms in total. The monoisotopic (exact) mass is 576 g/mol. The quantitative estimate of drug-likeness (QED) is 0.0989. The maximum atomic E-state index is 5.34. The maximum absolute atomic E-state index is 5.34. The molecule has 0 aliphatic carbocycles. The minimum absolute atomic E-state index is 0.921. The van der Waals surface area contributed by atoms with E-state index in [1.807, 2.05) is 0 Å². The van der Waals surface area contributed by atoms with E-state index in [9.17, 15) is 0 Å². The molecule has 0 fully saturated rings. The highest BCUT2D eigenvalue weighted by atomic mass is 33.1. The molecule has 8 heteroatoms. The second kappa shape index (κ2) is 26.6. The molecular formula is C28H56N4S4. The number of thiocarbonyl (C=S) groups is 2. The first-order valence-corrected chi connectivity index (χ1v) is 17.7. The molecule has 0 unspecified atom stereocenters. The van der Waals surface area contributed by atoms with Crippen LogP contribution in [0.4, 0.5) is 0 Å². The minimum atomic E-state index is 0.921. The molecule has 1 heterocycles. The Hall–Kier alpha value is -0.0500. The van der Waals surface area contributed by atoms with Gasteiger partial charge in [0.2, 0.25) is 0 Å². The van der Waals surface area contributed by atoms with Crippen LogP contribution in [-0.4, -0.2) is 63.5 Å². The lowest BCUT2D eigenvalue weighted by atomic mass is 10.0. The molecular weight excluding hydrogens is 521 g/mol. The molecule has 0 radical (unpaired) electrons. The van der Waals surface area contributed by atoms with Crippen LogP contribution >= 0.6 is 46.0 Å². The van der Waals surface area contributed by atoms with Gasteiger partial charge in [0.15, 0.2) is 0 Å². The summed E-state index contributed by atoms with van der Waals surface area (Å²) in [5, 5.41) is 3.35. The van der Waals surface area contributed by atoms with Crippen molar-refractivity contribution in [2.75, 3.05) is 39.3 Å². The summed E-state index contributed by atoms with van der Waals surface area (Å²) in [6.45, 7) is 16.6. The van der Waals surface area contributed by atoms with E-state index >= 15 is 0 Å². The zero-order valence-electron chi connectivity index (χ0n) is 24.1. The van der Waals surface area contributed by atoms with Gasteiger partial charge in [0.25, 0.3) is 0 Å². The fraction of sp³-hybridized carbons (Fsp3) is 0.893. The predicted molar refractivity (Wildman–Crippen MR) is 177 cm³/mol. The van der Waals surface area contributed by atoms with Gasteiger partial charge in [-0.3, -0.25) is 4.99 Å². The van der Waals surface area contributed by atoms with Crippen molar-refractivity contribution in [2.45, 2.75) is 125 Å². The van der Waals surface area contributed by atoms with Gasteiger partial charge in [-0.1, -0.05) is 108 Å². The molecule has 0 aromatic carbocycles. The lowest BCUT2D eigenvalue weighted by Gasteiger charge is -2.23. The van der Waals surface area contributed by atoms with E-state index < -0.39 is 0 Å². The van der Waals surface area contributed by atoms with E-state index in [1.165, 1.54) is 95.7 Å². The lowest BCUT2D eigenvalue weighted by Crippen LogP contribution is -2.28. The highest BCUT2D eigenvalue weighted by Gasteiger charge is 2.11. The van der Waals surface area contributed by atoms with Gasteiger partial charge in [-0.05, 0) is 55.7 Å². The molecule has 1 N–H and O–H groups in total. The van der Waals surface area contributed by atoms with E-state index in [0.29, 0.717) is 0 Å². The molecule has 0 bridgehead atoms. The summed E-state index contributed by atoms with van der Waals surface area (Å²) >= 11 is 10.7. The number of rotatable bonds is 18. The van der Waals surface area contributed by atoms with Crippen LogP contribution in [0.2, 0.25) is 0 Å². The second-order valence-electron chi connectivity index (χ2n) is 9.29. The average Bonchev–Trinajstić information content (AvgIpc) is 3.41. The fourth-order valence-corrected chi connectivity index (χ4v) is 7.12. The van der Waals surface area contributed by atoms with Crippen LogP contribution in [0, 0.1) is 0 Å². The standard InChI is InChI=1S/C18H36N2.C10H20N2S4/c1-2-3-4-5-6-7-8-9-10-11-12-13-14-15-18-19-16-17-20-18;1-5-11(6-2)9(13)15-16-10(14)12(7-3)8-4/h2-17H2,1H3,(H,19,20);5-8H2,1-4H3. The maximum Gasteiger partial charge on any atom is 0.147 e. The smallest absolute Gasteiger partial charge is 0.147 e. The van der Waals surface area contributed by atoms with E-state index in [0.717, 1.165) is 47.9 Å². The number of nitrogens with one attached hydrogen (secondary N) is 1. The topological polar surface area (TPSA) is 30.9 Å². The van der Waals surface area contributed by atoms with E-state index in [1.54, 1.807) is 21.6 Å². The van der Waals surface area contributed by atoms with Crippen LogP contribution in [0.25, 0.3) is 0 Å². The van der Waals surface area contributed by atoms with Crippen LogP contribution < -0.4 is 5.32 Å². The molecule has 0 saturated heterocycles. The summed E-state index contributed by atoms with van der Waals surface area (Å²) in [4.78, 5) is 8.76. The van der Waals surface area contributed by atoms with Crippen LogP contribution in [0.15, 0.2) is 4.99 Å². The van der Waals surface area contributed by atoms with Crippen LogP contribution in [0.1, 0.15) is 125 Å². The number of hydrogen-bond donors (Lipinski definition) is 1. The van der Waals surface area contributed by atoms with Crippen molar-refractivity contribution in [3.05, 3.63) is 0 Å². The molecule has 0 aromatic rings. The zero-order valence-corrected chi connectivity index (χ0v) is 27.4. The predicted octanol–water partition coefficient (Wildman–Crippen LogP) is 9.09. The van der Waals surface area contributed by atoms with Crippen LogP contribution in [0.3, 0.4) is 0 Å².